The summed E-state index contributed by atoms with van der Waals surface area (Å²) in [6.45, 7) is 2.77. The number of hydrogen-bond donors (Lipinski definition) is 1. The Hall–Kier alpha value is -0.720. The number of piperidine rings is 1. The van der Waals surface area contributed by atoms with Crippen molar-refractivity contribution in [3.8, 4) is 0 Å². The van der Waals surface area contributed by atoms with Crippen molar-refractivity contribution in [1.82, 2.24) is 4.90 Å². The summed E-state index contributed by atoms with van der Waals surface area (Å²) in [5, 5.41) is 9.18. The summed E-state index contributed by atoms with van der Waals surface area (Å²) in [7, 11) is 0. The predicted molar refractivity (Wildman–Crippen MR) is 73.4 cm³/mol. The van der Waals surface area contributed by atoms with Crippen molar-refractivity contribution in [3.63, 3.8) is 0 Å². The summed E-state index contributed by atoms with van der Waals surface area (Å²) < 4.78 is 36.7. The molecule has 0 aromatic heterocycles. The van der Waals surface area contributed by atoms with Crippen LogP contribution in [0.25, 0.3) is 0 Å². The second-order valence-corrected chi connectivity index (χ2v) is 6.26. The van der Waals surface area contributed by atoms with E-state index in [0.29, 0.717) is 5.92 Å². The van der Waals surface area contributed by atoms with E-state index in [1.54, 1.807) is 12.1 Å². The van der Waals surface area contributed by atoms with E-state index in [1.165, 1.54) is 12.1 Å². The number of benzene rings is 1. The lowest BCUT2D eigenvalue weighted by Crippen LogP contribution is -2.36. The van der Waals surface area contributed by atoms with Gasteiger partial charge in [0.05, 0.1) is 0 Å². The van der Waals surface area contributed by atoms with Crippen LogP contribution in [-0.2, 0) is 6.54 Å². The maximum Gasteiger partial charge on any atom is 0.446 e. The van der Waals surface area contributed by atoms with Crippen LogP contribution < -0.4 is 0 Å². The van der Waals surface area contributed by atoms with Crippen LogP contribution in [0, 0.1) is 5.92 Å². The molecular weight excluding hydrogens is 287 g/mol. The average molecular weight is 305 g/mol. The molecule has 1 aliphatic heterocycles. The largest absolute Gasteiger partial charge is 0.446 e. The van der Waals surface area contributed by atoms with Crippen molar-refractivity contribution in [2.45, 2.75) is 29.8 Å². The molecule has 20 heavy (non-hydrogen) atoms. The van der Waals surface area contributed by atoms with E-state index in [0.717, 1.165) is 38.0 Å². The van der Waals surface area contributed by atoms with Crippen LogP contribution in [0.15, 0.2) is 29.2 Å². The van der Waals surface area contributed by atoms with Crippen molar-refractivity contribution in [2.75, 3.05) is 19.7 Å². The maximum atomic E-state index is 12.2. The predicted octanol–water partition coefficient (Wildman–Crippen LogP) is 3.50. The average Bonchev–Trinajstić information content (AvgIpc) is 2.40. The summed E-state index contributed by atoms with van der Waals surface area (Å²) >= 11 is -0.0871. The van der Waals surface area contributed by atoms with Gasteiger partial charge in [0.2, 0.25) is 0 Å². The molecule has 1 fully saturated rings. The van der Waals surface area contributed by atoms with E-state index in [-0.39, 0.29) is 23.3 Å². The molecule has 1 atom stereocenters. The van der Waals surface area contributed by atoms with Crippen LogP contribution in [0.2, 0.25) is 0 Å². The number of rotatable bonds is 4. The normalized spacial score (nSPS) is 21.1. The highest BCUT2D eigenvalue weighted by molar-refractivity contribution is 8.00. The van der Waals surface area contributed by atoms with Gasteiger partial charge in [-0.2, -0.15) is 13.2 Å². The van der Waals surface area contributed by atoms with E-state index in [9.17, 15) is 18.3 Å². The van der Waals surface area contributed by atoms with Crippen molar-refractivity contribution in [1.29, 1.82) is 0 Å². The number of hydrogen-bond acceptors (Lipinski definition) is 3. The standard InChI is InChI=1S/C14H18F3NOS/c15-14(16,17)20-13-5-3-11(4-6-13)8-18-7-1-2-12(9-18)10-19/h3-6,12,19H,1-2,7-10H2. The molecular formula is C14H18F3NOS. The van der Waals surface area contributed by atoms with Crippen molar-refractivity contribution in [2.24, 2.45) is 5.92 Å². The van der Waals surface area contributed by atoms with Gasteiger partial charge in [-0.1, -0.05) is 12.1 Å². The summed E-state index contributed by atoms with van der Waals surface area (Å²) in [6.07, 6.45) is 2.11. The number of nitrogens with zero attached hydrogens (tertiary/aromatic N) is 1. The highest BCUT2D eigenvalue weighted by Gasteiger charge is 2.29. The van der Waals surface area contributed by atoms with Crippen LogP contribution in [0.4, 0.5) is 13.2 Å². The van der Waals surface area contributed by atoms with Gasteiger partial charge in [0.1, 0.15) is 0 Å². The molecule has 2 rings (SSSR count). The van der Waals surface area contributed by atoms with Gasteiger partial charge in [-0.05, 0) is 54.8 Å². The lowest BCUT2D eigenvalue weighted by Gasteiger charge is -2.31. The number of alkyl halides is 3. The first kappa shape index (κ1) is 15.7. The number of halogens is 3. The summed E-state index contributed by atoms with van der Waals surface area (Å²) in [4.78, 5) is 2.46. The monoisotopic (exact) mass is 305 g/mol. The molecule has 0 aliphatic carbocycles. The zero-order valence-electron chi connectivity index (χ0n) is 11.1. The van der Waals surface area contributed by atoms with Gasteiger partial charge in [0.15, 0.2) is 0 Å². The molecule has 1 heterocycles. The van der Waals surface area contributed by atoms with E-state index in [1.807, 2.05) is 0 Å². The van der Waals surface area contributed by atoms with Crippen LogP contribution in [0.1, 0.15) is 18.4 Å². The van der Waals surface area contributed by atoms with E-state index in [2.05, 4.69) is 4.90 Å². The first-order valence-electron chi connectivity index (χ1n) is 6.64. The first-order chi connectivity index (χ1) is 9.46. The molecule has 1 saturated heterocycles. The zero-order chi connectivity index (χ0) is 14.6. The number of aliphatic hydroxyl groups excluding tert-OH is 1. The fraction of sp³-hybridized carbons (Fsp3) is 0.571. The Morgan fingerprint density at radius 1 is 1.25 bits per heavy atom. The number of aliphatic hydroxyl groups is 1. The van der Waals surface area contributed by atoms with E-state index >= 15 is 0 Å². The molecule has 1 aliphatic rings. The Balaban J connectivity index is 1.90. The molecule has 1 aromatic carbocycles. The second-order valence-electron chi connectivity index (χ2n) is 5.12. The second kappa shape index (κ2) is 6.83. The minimum absolute atomic E-state index is 0.0871. The van der Waals surface area contributed by atoms with Crippen LogP contribution in [-0.4, -0.2) is 35.2 Å². The third-order valence-corrected chi connectivity index (χ3v) is 4.16. The molecule has 112 valence electrons. The minimum atomic E-state index is -4.23. The quantitative estimate of drug-likeness (QED) is 0.861. The molecule has 0 saturated carbocycles. The van der Waals surface area contributed by atoms with Gasteiger partial charge in [0.25, 0.3) is 0 Å². The summed E-state index contributed by atoms with van der Waals surface area (Å²) in [5.74, 6) is 0.323. The highest BCUT2D eigenvalue weighted by Crippen LogP contribution is 2.36. The Morgan fingerprint density at radius 2 is 1.95 bits per heavy atom. The van der Waals surface area contributed by atoms with Gasteiger partial charge < -0.3 is 5.11 Å². The maximum absolute atomic E-state index is 12.2. The topological polar surface area (TPSA) is 23.5 Å². The molecule has 1 N–H and O–H groups in total. The highest BCUT2D eigenvalue weighted by atomic mass is 32.2. The molecule has 0 bridgehead atoms. The molecule has 0 amide bonds. The minimum Gasteiger partial charge on any atom is -0.396 e. The molecule has 1 unspecified atom stereocenters. The fourth-order valence-electron chi connectivity index (χ4n) is 2.50. The van der Waals surface area contributed by atoms with Crippen LogP contribution in [0.5, 0.6) is 0 Å². The lowest BCUT2D eigenvalue weighted by atomic mass is 9.98. The third kappa shape index (κ3) is 5.00. The zero-order valence-corrected chi connectivity index (χ0v) is 11.9. The number of likely N-dealkylation sites (tertiary alicyclic amines) is 1. The number of thioether (sulfide) groups is 1. The van der Waals surface area contributed by atoms with Gasteiger partial charge in [-0.15, -0.1) is 0 Å². The molecule has 0 radical (unpaired) electrons. The van der Waals surface area contributed by atoms with Gasteiger partial charge in [0, 0.05) is 24.6 Å². The molecule has 0 spiro atoms. The van der Waals surface area contributed by atoms with Crippen molar-refractivity contribution >= 4 is 11.8 Å². The smallest absolute Gasteiger partial charge is 0.396 e. The van der Waals surface area contributed by atoms with Gasteiger partial charge in [-0.25, -0.2) is 0 Å². The Bertz CT molecular complexity index is 421. The Labute approximate surface area is 121 Å². The van der Waals surface area contributed by atoms with E-state index < -0.39 is 5.51 Å². The van der Waals surface area contributed by atoms with Crippen molar-refractivity contribution in [3.05, 3.63) is 29.8 Å². The summed E-state index contributed by atoms with van der Waals surface area (Å²) in [6, 6.07) is 6.52. The van der Waals surface area contributed by atoms with Gasteiger partial charge >= 0.3 is 5.51 Å². The lowest BCUT2D eigenvalue weighted by molar-refractivity contribution is -0.0328. The first-order valence-corrected chi connectivity index (χ1v) is 7.46. The molecule has 6 heteroatoms. The van der Waals surface area contributed by atoms with E-state index in [4.69, 9.17) is 0 Å². The summed E-state index contributed by atoms with van der Waals surface area (Å²) in [5.41, 5.74) is -3.22. The van der Waals surface area contributed by atoms with Crippen LogP contribution in [0.3, 0.4) is 0 Å². The Morgan fingerprint density at radius 3 is 2.55 bits per heavy atom. The van der Waals surface area contributed by atoms with Crippen LogP contribution >= 0.6 is 11.8 Å². The van der Waals surface area contributed by atoms with Crippen molar-refractivity contribution < 1.29 is 18.3 Å². The Kier molecular flexibility index (Phi) is 5.35. The third-order valence-electron chi connectivity index (χ3n) is 3.42. The molecule has 2 nitrogen and oxygen atoms in total. The fourth-order valence-corrected chi connectivity index (χ4v) is 3.04. The van der Waals surface area contributed by atoms with Gasteiger partial charge in [-0.3, -0.25) is 4.90 Å². The molecule has 1 aromatic rings. The SMILES string of the molecule is OCC1CCCN(Cc2ccc(SC(F)(F)F)cc2)C1.